The molecule has 0 spiro atoms. The van der Waals surface area contributed by atoms with Gasteiger partial charge in [-0.3, -0.25) is 0 Å². The summed E-state index contributed by atoms with van der Waals surface area (Å²) in [6.07, 6.45) is 1.07. The lowest BCUT2D eigenvalue weighted by Gasteiger charge is -2.15. The minimum Gasteiger partial charge on any atom is -0.495 e. The number of thioether (sulfide) groups is 1. The molecule has 1 fully saturated rings. The zero-order valence-corrected chi connectivity index (χ0v) is 9.94. The highest BCUT2D eigenvalue weighted by atomic mass is 32.2. The van der Waals surface area contributed by atoms with Gasteiger partial charge in [-0.15, -0.1) is 0 Å². The zero-order chi connectivity index (χ0) is 11.5. The van der Waals surface area contributed by atoms with Crippen LogP contribution in [0.2, 0.25) is 0 Å². The number of anilines is 2. The number of halogens is 1. The van der Waals surface area contributed by atoms with E-state index in [9.17, 15) is 4.39 Å². The first-order valence-corrected chi connectivity index (χ1v) is 6.33. The van der Waals surface area contributed by atoms with E-state index in [0.29, 0.717) is 23.2 Å². The number of rotatable bonds is 3. The Kier molecular flexibility index (Phi) is 3.43. The molecular formula is C11H15FN2OS. The molecule has 0 saturated carbocycles. The third-order valence-corrected chi connectivity index (χ3v) is 3.77. The van der Waals surface area contributed by atoms with Crippen molar-refractivity contribution < 1.29 is 9.13 Å². The maximum absolute atomic E-state index is 13.6. The van der Waals surface area contributed by atoms with Crippen molar-refractivity contribution in [3.8, 4) is 5.75 Å². The maximum Gasteiger partial charge on any atom is 0.148 e. The molecule has 1 unspecified atom stereocenters. The molecule has 16 heavy (non-hydrogen) atoms. The first-order valence-electron chi connectivity index (χ1n) is 5.18. The molecule has 1 aliphatic heterocycles. The van der Waals surface area contributed by atoms with E-state index in [0.717, 1.165) is 17.9 Å². The lowest BCUT2D eigenvalue weighted by Crippen LogP contribution is -2.19. The first kappa shape index (κ1) is 11.4. The molecule has 1 atom stereocenters. The number of methoxy groups -OCH3 is 1. The van der Waals surface area contributed by atoms with Gasteiger partial charge in [0.2, 0.25) is 0 Å². The van der Waals surface area contributed by atoms with Crippen molar-refractivity contribution in [2.45, 2.75) is 12.5 Å². The summed E-state index contributed by atoms with van der Waals surface area (Å²) in [5, 5.41) is 3.18. The summed E-state index contributed by atoms with van der Waals surface area (Å²) in [6, 6.07) is 3.25. The average Bonchev–Trinajstić information content (AvgIpc) is 2.75. The van der Waals surface area contributed by atoms with Gasteiger partial charge in [0, 0.05) is 23.9 Å². The summed E-state index contributed by atoms with van der Waals surface area (Å²) >= 11 is 1.88. The third kappa shape index (κ3) is 2.35. The van der Waals surface area contributed by atoms with E-state index >= 15 is 0 Å². The second-order valence-corrected chi connectivity index (χ2v) is 4.93. The number of nitrogens with two attached hydrogens (primary N) is 1. The highest BCUT2D eigenvalue weighted by Gasteiger charge is 2.17. The number of ether oxygens (including phenoxy) is 1. The predicted octanol–water partition coefficient (Wildman–Crippen LogP) is 2.33. The van der Waals surface area contributed by atoms with Crippen LogP contribution in [0.5, 0.6) is 5.75 Å². The summed E-state index contributed by atoms with van der Waals surface area (Å²) in [7, 11) is 1.53. The van der Waals surface area contributed by atoms with Crippen molar-refractivity contribution in [1.82, 2.24) is 0 Å². The third-order valence-electron chi connectivity index (χ3n) is 2.61. The van der Waals surface area contributed by atoms with E-state index in [1.54, 1.807) is 6.07 Å². The van der Waals surface area contributed by atoms with Crippen LogP contribution in [-0.4, -0.2) is 24.7 Å². The Balaban J connectivity index is 2.18. The Morgan fingerprint density at radius 2 is 2.38 bits per heavy atom. The van der Waals surface area contributed by atoms with Crippen LogP contribution < -0.4 is 15.8 Å². The van der Waals surface area contributed by atoms with Crippen molar-refractivity contribution in [2.24, 2.45) is 0 Å². The van der Waals surface area contributed by atoms with Gasteiger partial charge in [0.15, 0.2) is 0 Å². The van der Waals surface area contributed by atoms with Gasteiger partial charge in [-0.05, 0) is 12.2 Å². The van der Waals surface area contributed by atoms with Gasteiger partial charge in [-0.25, -0.2) is 4.39 Å². The molecule has 0 bridgehead atoms. The molecule has 0 aromatic heterocycles. The van der Waals surface area contributed by atoms with E-state index in [-0.39, 0.29) is 5.82 Å². The minimum absolute atomic E-state index is 0.324. The number of benzene rings is 1. The molecule has 2 rings (SSSR count). The SMILES string of the molecule is COc1cc(NC2CCSC2)c(F)cc1N. The predicted molar refractivity (Wildman–Crippen MR) is 66.7 cm³/mol. The Hall–Kier alpha value is -1.10. The molecule has 1 aromatic carbocycles. The fraction of sp³-hybridized carbons (Fsp3) is 0.455. The van der Waals surface area contributed by atoms with Crippen LogP contribution in [0, 0.1) is 5.82 Å². The summed E-state index contributed by atoms with van der Waals surface area (Å²) in [5.41, 5.74) is 6.41. The molecule has 1 aliphatic rings. The first-order chi connectivity index (χ1) is 7.70. The van der Waals surface area contributed by atoms with Gasteiger partial charge < -0.3 is 15.8 Å². The van der Waals surface area contributed by atoms with Crippen LogP contribution in [0.1, 0.15) is 6.42 Å². The van der Waals surface area contributed by atoms with Crippen LogP contribution in [0.25, 0.3) is 0 Å². The van der Waals surface area contributed by atoms with E-state index in [1.807, 2.05) is 11.8 Å². The number of hydrogen-bond donors (Lipinski definition) is 2. The second-order valence-electron chi connectivity index (χ2n) is 3.78. The van der Waals surface area contributed by atoms with E-state index < -0.39 is 0 Å². The molecule has 5 heteroatoms. The molecule has 0 aliphatic carbocycles. The van der Waals surface area contributed by atoms with Gasteiger partial charge in [-0.1, -0.05) is 0 Å². The number of nitrogens with one attached hydrogen (secondary N) is 1. The Morgan fingerprint density at radius 1 is 1.56 bits per heavy atom. The van der Waals surface area contributed by atoms with Crippen LogP contribution >= 0.6 is 11.8 Å². The number of hydrogen-bond acceptors (Lipinski definition) is 4. The molecule has 1 heterocycles. The van der Waals surface area contributed by atoms with Crippen LogP contribution in [0.15, 0.2) is 12.1 Å². The lowest BCUT2D eigenvalue weighted by atomic mass is 10.2. The van der Waals surface area contributed by atoms with E-state index in [4.69, 9.17) is 10.5 Å². The molecule has 0 amide bonds. The summed E-state index contributed by atoms with van der Waals surface area (Å²) in [5.74, 6) is 2.34. The lowest BCUT2D eigenvalue weighted by molar-refractivity contribution is 0.416. The zero-order valence-electron chi connectivity index (χ0n) is 9.13. The van der Waals surface area contributed by atoms with Crippen molar-refractivity contribution in [3.05, 3.63) is 17.9 Å². The Morgan fingerprint density at radius 3 is 3.00 bits per heavy atom. The van der Waals surface area contributed by atoms with Gasteiger partial charge >= 0.3 is 0 Å². The Bertz CT molecular complexity index is 380. The average molecular weight is 242 g/mol. The smallest absolute Gasteiger partial charge is 0.148 e. The topological polar surface area (TPSA) is 47.3 Å². The van der Waals surface area contributed by atoms with Crippen molar-refractivity contribution in [3.63, 3.8) is 0 Å². The maximum atomic E-state index is 13.6. The summed E-state index contributed by atoms with van der Waals surface area (Å²) < 4.78 is 18.7. The largest absolute Gasteiger partial charge is 0.495 e. The normalized spacial score (nSPS) is 19.8. The van der Waals surface area contributed by atoms with Gasteiger partial charge in [-0.2, -0.15) is 11.8 Å². The van der Waals surface area contributed by atoms with Crippen LogP contribution in [0.3, 0.4) is 0 Å². The molecular weight excluding hydrogens is 227 g/mol. The molecule has 3 N–H and O–H groups in total. The second kappa shape index (κ2) is 4.82. The quantitative estimate of drug-likeness (QED) is 0.799. The van der Waals surface area contributed by atoms with Gasteiger partial charge in [0.25, 0.3) is 0 Å². The molecule has 88 valence electrons. The monoisotopic (exact) mass is 242 g/mol. The molecule has 3 nitrogen and oxygen atoms in total. The van der Waals surface area contributed by atoms with Gasteiger partial charge in [0.1, 0.15) is 11.6 Å². The van der Waals surface area contributed by atoms with Crippen LogP contribution in [-0.2, 0) is 0 Å². The highest BCUT2D eigenvalue weighted by molar-refractivity contribution is 7.99. The van der Waals surface area contributed by atoms with E-state index in [2.05, 4.69) is 5.32 Å². The van der Waals surface area contributed by atoms with Crippen molar-refractivity contribution in [1.29, 1.82) is 0 Å². The molecule has 0 radical (unpaired) electrons. The minimum atomic E-state index is -0.324. The Labute approximate surface area is 98.5 Å². The van der Waals surface area contributed by atoms with Crippen molar-refractivity contribution in [2.75, 3.05) is 29.7 Å². The molecule has 1 aromatic rings. The van der Waals surface area contributed by atoms with Crippen molar-refractivity contribution >= 4 is 23.1 Å². The van der Waals surface area contributed by atoms with Gasteiger partial charge in [0.05, 0.1) is 18.5 Å². The highest BCUT2D eigenvalue weighted by Crippen LogP contribution is 2.30. The fourth-order valence-electron chi connectivity index (χ4n) is 1.72. The number of nitrogen functional groups attached to an aromatic ring is 1. The molecule has 1 saturated heterocycles. The fourth-order valence-corrected chi connectivity index (χ4v) is 2.88. The van der Waals surface area contributed by atoms with E-state index in [1.165, 1.54) is 13.2 Å². The standard InChI is InChI=1S/C11H15FN2OS/c1-15-11-5-10(8(12)4-9(11)13)14-7-2-3-16-6-7/h4-5,7,14H,2-3,6,13H2,1H3. The summed E-state index contributed by atoms with van der Waals surface area (Å²) in [4.78, 5) is 0. The summed E-state index contributed by atoms with van der Waals surface area (Å²) in [6.45, 7) is 0. The van der Waals surface area contributed by atoms with Crippen LogP contribution in [0.4, 0.5) is 15.8 Å².